The summed E-state index contributed by atoms with van der Waals surface area (Å²) in [5.41, 5.74) is 2.98. The van der Waals surface area contributed by atoms with Crippen LogP contribution in [0.25, 0.3) is 17.3 Å². The van der Waals surface area contributed by atoms with Gasteiger partial charge in [-0.2, -0.15) is 5.26 Å². The van der Waals surface area contributed by atoms with E-state index in [2.05, 4.69) is 6.07 Å². The summed E-state index contributed by atoms with van der Waals surface area (Å²) in [7, 11) is 1.63. The lowest BCUT2D eigenvalue weighted by molar-refractivity contribution is 0.414. The average Bonchev–Trinajstić information content (AvgIpc) is 3.09. The number of nitrogens with zero attached hydrogens (tertiary/aromatic N) is 2. The minimum atomic E-state index is -0.322. The van der Waals surface area contributed by atoms with Crippen LogP contribution in [0.15, 0.2) is 66.9 Å². The summed E-state index contributed by atoms with van der Waals surface area (Å²) in [5, 5.41) is 9.44. The SMILES string of the molecule is COc1ccc(-n2cccc2/C=C(\C#N)c2ccc(F)cc2)cc1. The van der Waals surface area contributed by atoms with Crippen molar-refractivity contribution in [2.24, 2.45) is 0 Å². The number of hydrogen-bond donors (Lipinski definition) is 0. The molecular formula is C20H15FN2O. The van der Waals surface area contributed by atoms with Gasteiger partial charge in [0.25, 0.3) is 0 Å². The standard InChI is InChI=1S/C20H15FN2O/c1-24-20-10-8-18(9-11-20)23-12-2-3-19(23)13-16(14-22)15-4-6-17(21)7-5-15/h2-13H,1H3/b16-13+. The van der Waals surface area contributed by atoms with E-state index in [-0.39, 0.29) is 5.82 Å². The van der Waals surface area contributed by atoms with Gasteiger partial charge in [0.15, 0.2) is 0 Å². The molecule has 0 spiro atoms. The quantitative estimate of drug-likeness (QED) is 0.655. The van der Waals surface area contributed by atoms with E-state index in [1.54, 1.807) is 25.3 Å². The first-order valence-corrected chi connectivity index (χ1v) is 7.41. The van der Waals surface area contributed by atoms with E-state index < -0.39 is 0 Å². The lowest BCUT2D eigenvalue weighted by Gasteiger charge is -2.08. The Labute approximate surface area is 139 Å². The molecule has 3 aromatic rings. The van der Waals surface area contributed by atoms with E-state index in [9.17, 15) is 9.65 Å². The van der Waals surface area contributed by atoms with E-state index in [4.69, 9.17) is 4.74 Å². The van der Waals surface area contributed by atoms with Crippen molar-refractivity contribution in [3.63, 3.8) is 0 Å². The van der Waals surface area contributed by atoms with E-state index in [0.717, 1.165) is 17.1 Å². The number of aromatic nitrogens is 1. The molecule has 4 heteroatoms. The highest BCUT2D eigenvalue weighted by Gasteiger charge is 2.06. The summed E-state index contributed by atoms with van der Waals surface area (Å²) in [6.45, 7) is 0. The zero-order chi connectivity index (χ0) is 16.9. The number of benzene rings is 2. The molecule has 0 saturated heterocycles. The summed E-state index contributed by atoms with van der Waals surface area (Å²) < 4.78 is 20.2. The maximum Gasteiger partial charge on any atom is 0.123 e. The molecule has 24 heavy (non-hydrogen) atoms. The third-order valence-corrected chi connectivity index (χ3v) is 3.70. The van der Waals surface area contributed by atoms with Crippen LogP contribution in [0, 0.1) is 17.1 Å². The van der Waals surface area contributed by atoms with Crippen LogP contribution in [-0.4, -0.2) is 11.7 Å². The summed E-state index contributed by atoms with van der Waals surface area (Å²) in [6.07, 6.45) is 3.71. The number of hydrogen-bond acceptors (Lipinski definition) is 2. The fourth-order valence-corrected chi connectivity index (χ4v) is 2.45. The second-order valence-electron chi connectivity index (χ2n) is 5.18. The van der Waals surface area contributed by atoms with Gasteiger partial charge in [0.1, 0.15) is 11.6 Å². The number of allylic oxidation sites excluding steroid dienone is 1. The highest BCUT2D eigenvalue weighted by molar-refractivity contribution is 5.89. The second-order valence-corrected chi connectivity index (χ2v) is 5.18. The van der Waals surface area contributed by atoms with Crippen LogP contribution in [0.1, 0.15) is 11.3 Å². The highest BCUT2D eigenvalue weighted by Crippen LogP contribution is 2.22. The molecule has 0 unspecified atom stereocenters. The van der Waals surface area contributed by atoms with Crippen LogP contribution in [0.5, 0.6) is 5.75 Å². The van der Waals surface area contributed by atoms with Crippen molar-refractivity contribution < 1.29 is 9.13 Å². The minimum absolute atomic E-state index is 0.322. The first-order chi connectivity index (χ1) is 11.7. The fourth-order valence-electron chi connectivity index (χ4n) is 2.45. The highest BCUT2D eigenvalue weighted by atomic mass is 19.1. The summed E-state index contributed by atoms with van der Waals surface area (Å²) in [4.78, 5) is 0. The Hall–Kier alpha value is -3.32. The maximum absolute atomic E-state index is 13.1. The second kappa shape index (κ2) is 6.84. The normalized spacial score (nSPS) is 11.1. The molecule has 0 saturated carbocycles. The van der Waals surface area contributed by atoms with Gasteiger partial charge in [-0.3, -0.25) is 0 Å². The largest absolute Gasteiger partial charge is 0.497 e. The monoisotopic (exact) mass is 318 g/mol. The Kier molecular flexibility index (Phi) is 4.44. The first-order valence-electron chi connectivity index (χ1n) is 7.41. The van der Waals surface area contributed by atoms with Crippen molar-refractivity contribution in [2.45, 2.75) is 0 Å². The van der Waals surface area contributed by atoms with Gasteiger partial charge >= 0.3 is 0 Å². The predicted molar refractivity (Wildman–Crippen MR) is 92.2 cm³/mol. The number of rotatable bonds is 4. The third-order valence-electron chi connectivity index (χ3n) is 3.70. The zero-order valence-corrected chi connectivity index (χ0v) is 13.1. The number of methoxy groups -OCH3 is 1. The van der Waals surface area contributed by atoms with E-state index in [1.807, 2.05) is 47.2 Å². The van der Waals surface area contributed by atoms with Crippen molar-refractivity contribution in [1.29, 1.82) is 5.26 Å². The molecule has 0 atom stereocenters. The van der Waals surface area contributed by atoms with Crippen LogP contribution in [0.2, 0.25) is 0 Å². The van der Waals surface area contributed by atoms with Gasteiger partial charge < -0.3 is 9.30 Å². The van der Waals surface area contributed by atoms with Gasteiger partial charge in [-0.25, -0.2) is 4.39 Å². The van der Waals surface area contributed by atoms with E-state index >= 15 is 0 Å². The molecule has 0 amide bonds. The molecule has 1 heterocycles. The van der Waals surface area contributed by atoms with Crippen molar-refractivity contribution >= 4 is 11.6 Å². The molecule has 3 rings (SSSR count). The molecule has 0 N–H and O–H groups in total. The first kappa shape index (κ1) is 15.6. The molecule has 0 aliphatic heterocycles. The zero-order valence-electron chi connectivity index (χ0n) is 13.1. The molecule has 3 nitrogen and oxygen atoms in total. The molecule has 118 valence electrons. The van der Waals surface area contributed by atoms with Crippen molar-refractivity contribution in [3.8, 4) is 17.5 Å². The van der Waals surface area contributed by atoms with Gasteiger partial charge in [0, 0.05) is 17.6 Å². The van der Waals surface area contributed by atoms with Crippen LogP contribution < -0.4 is 4.74 Å². The Bertz CT molecular complexity index is 900. The number of nitriles is 1. The van der Waals surface area contributed by atoms with Crippen LogP contribution in [0.3, 0.4) is 0 Å². The minimum Gasteiger partial charge on any atom is -0.497 e. The van der Waals surface area contributed by atoms with Gasteiger partial charge in [0.05, 0.1) is 18.8 Å². The molecule has 0 fully saturated rings. The van der Waals surface area contributed by atoms with Gasteiger partial charge in [-0.1, -0.05) is 12.1 Å². The Morgan fingerprint density at radius 1 is 1.08 bits per heavy atom. The summed E-state index contributed by atoms with van der Waals surface area (Å²) >= 11 is 0. The number of ether oxygens (including phenoxy) is 1. The average molecular weight is 318 g/mol. The van der Waals surface area contributed by atoms with Gasteiger partial charge in [-0.05, 0) is 60.2 Å². The third kappa shape index (κ3) is 3.21. The van der Waals surface area contributed by atoms with Gasteiger partial charge in [0.2, 0.25) is 0 Å². The van der Waals surface area contributed by atoms with Crippen molar-refractivity contribution in [1.82, 2.24) is 4.57 Å². The van der Waals surface area contributed by atoms with Crippen LogP contribution >= 0.6 is 0 Å². The van der Waals surface area contributed by atoms with E-state index in [1.165, 1.54) is 12.1 Å². The Balaban J connectivity index is 1.99. The van der Waals surface area contributed by atoms with Crippen LogP contribution in [-0.2, 0) is 0 Å². The lowest BCUT2D eigenvalue weighted by Crippen LogP contribution is -1.95. The summed E-state index contributed by atoms with van der Waals surface area (Å²) in [5.74, 6) is 0.463. The molecule has 2 aromatic carbocycles. The van der Waals surface area contributed by atoms with Crippen LogP contribution in [0.4, 0.5) is 4.39 Å². The maximum atomic E-state index is 13.1. The molecule has 0 radical (unpaired) electrons. The van der Waals surface area contributed by atoms with Crippen molar-refractivity contribution in [2.75, 3.05) is 7.11 Å². The molecule has 0 aliphatic carbocycles. The molecular weight excluding hydrogens is 303 g/mol. The molecule has 0 bridgehead atoms. The fraction of sp³-hybridized carbons (Fsp3) is 0.0500. The Morgan fingerprint density at radius 3 is 2.42 bits per heavy atom. The molecule has 1 aromatic heterocycles. The van der Waals surface area contributed by atoms with Gasteiger partial charge in [-0.15, -0.1) is 0 Å². The smallest absolute Gasteiger partial charge is 0.123 e. The lowest BCUT2D eigenvalue weighted by atomic mass is 10.1. The topological polar surface area (TPSA) is 38.0 Å². The summed E-state index contributed by atoms with van der Waals surface area (Å²) in [6, 6.07) is 19.6. The van der Waals surface area contributed by atoms with E-state index in [0.29, 0.717) is 11.1 Å². The Morgan fingerprint density at radius 2 is 1.79 bits per heavy atom. The number of halogens is 1. The predicted octanol–water partition coefficient (Wildman–Crippen LogP) is 4.69. The molecule has 0 aliphatic rings. The van der Waals surface area contributed by atoms with Crippen molar-refractivity contribution in [3.05, 3.63) is 83.9 Å².